The second kappa shape index (κ2) is 5.05. The molecule has 2 rings (SSSR count). The highest BCUT2D eigenvalue weighted by atomic mass is 79.9. The third kappa shape index (κ3) is 2.54. The predicted octanol–water partition coefficient (Wildman–Crippen LogP) is 0.205. The van der Waals surface area contributed by atoms with Gasteiger partial charge in [-0.25, -0.2) is 8.42 Å². The monoisotopic (exact) mass is 323 g/mol. The molecule has 2 heterocycles. The van der Waals surface area contributed by atoms with Gasteiger partial charge in [0, 0.05) is 25.1 Å². The summed E-state index contributed by atoms with van der Waals surface area (Å²) < 4.78 is 33.0. The van der Waals surface area contributed by atoms with Crippen LogP contribution >= 0.6 is 15.9 Å². The molecule has 0 spiro atoms. The van der Waals surface area contributed by atoms with Crippen LogP contribution in [0.4, 0.5) is 0 Å². The molecule has 1 unspecified atom stereocenters. The molecule has 1 aliphatic rings. The van der Waals surface area contributed by atoms with Gasteiger partial charge in [-0.3, -0.25) is 4.68 Å². The minimum atomic E-state index is -3.46. The first kappa shape index (κ1) is 13.0. The molecule has 0 aliphatic carbocycles. The molecule has 1 aromatic rings. The lowest BCUT2D eigenvalue weighted by atomic mass is 10.3. The molecule has 0 radical (unpaired) electrons. The molecule has 1 saturated heterocycles. The fourth-order valence-corrected chi connectivity index (χ4v) is 4.05. The highest BCUT2D eigenvalue weighted by Crippen LogP contribution is 2.20. The van der Waals surface area contributed by atoms with Gasteiger partial charge in [-0.2, -0.15) is 9.40 Å². The molecule has 0 N–H and O–H groups in total. The molecule has 96 valence electrons. The number of aryl methyl sites for hydroxylation is 1. The van der Waals surface area contributed by atoms with E-state index < -0.39 is 10.0 Å². The van der Waals surface area contributed by atoms with E-state index in [-0.39, 0.29) is 10.9 Å². The molecule has 1 atom stereocenters. The summed E-state index contributed by atoms with van der Waals surface area (Å²) in [5, 5.41) is 4.46. The maximum Gasteiger partial charge on any atom is 0.246 e. The maximum atomic E-state index is 12.4. The van der Waals surface area contributed by atoms with Crippen molar-refractivity contribution < 1.29 is 13.2 Å². The Balaban J connectivity index is 2.30. The van der Waals surface area contributed by atoms with Gasteiger partial charge < -0.3 is 4.74 Å². The van der Waals surface area contributed by atoms with E-state index in [1.165, 1.54) is 21.4 Å². The molecular formula is C9H14BrN3O3S. The molecule has 0 bridgehead atoms. The van der Waals surface area contributed by atoms with Gasteiger partial charge >= 0.3 is 0 Å². The second-order valence-corrected chi connectivity index (χ2v) is 6.39. The summed E-state index contributed by atoms with van der Waals surface area (Å²) in [6.45, 7) is 1.24. The maximum absolute atomic E-state index is 12.4. The third-order valence-corrected chi connectivity index (χ3v) is 5.29. The van der Waals surface area contributed by atoms with Gasteiger partial charge in [0.05, 0.1) is 25.5 Å². The van der Waals surface area contributed by atoms with Crippen molar-refractivity contribution in [2.24, 2.45) is 7.05 Å². The largest absolute Gasteiger partial charge is 0.378 e. The van der Waals surface area contributed by atoms with Crippen molar-refractivity contribution in [3.05, 3.63) is 12.4 Å². The summed E-state index contributed by atoms with van der Waals surface area (Å²) in [6, 6.07) is -0.158. The standard InChI is InChI=1S/C9H14BrN3O3S/c1-12-6-9(5-11-12)17(14,15)13-2-3-16-7-8(13)4-10/h5-6,8H,2-4,7H2,1H3. The summed E-state index contributed by atoms with van der Waals surface area (Å²) in [5.74, 6) is 0. The van der Waals surface area contributed by atoms with Gasteiger partial charge in [0.15, 0.2) is 0 Å². The van der Waals surface area contributed by atoms with E-state index in [0.717, 1.165) is 0 Å². The van der Waals surface area contributed by atoms with E-state index in [2.05, 4.69) is 21.0 Å². The summed E-state index contributed by atoms with van der Waals surface area (Å²) in [4.78, 5) is 0.229. The first-order valence-electron chi connectivity index (χ1n) is 5.20. The molecule has 6 nitrogen and oxygen atoms in total. The van der Waals surface area contributed by atoms with E-state index in [1.807, 2.05) is 0 Å². The number of alkyl halides is 1. The van der Waals surface area contributed by atoms with Crippen molar-refractivity contribution in [2.75, 3.05) is 25.1 Å². The number of ether oxygens (including phenoxy) is 1. The van der Waals surface area contributed by atoms with Gasteiger partial charge in [0.2, 0.25) is 10.0 Å². The van der Waals surface area contributed by atoms with Crippen LogP contribution in [0.15, 0.2) is 17.3 Å². The van der Waals surface area contributed by atoms with Crippen LogP contribution in [0, 0.1) is 0 Å². The molecule has 0 saturated carbocycles. The highest BCUT2D eigenvalue weighted by Gasteiger charge is 2.34. The third-order valence-electron chi connectivity index (χ3n) is 2.64. The Hall–Kier alpha value is -0.440. The van der Waals surface area contributed by atoms with E-state index in [9.17, 15) is 8.42 Å². The Kier molecular flexibility index (Phi) is 3.86. The molecule has 0 aromatic carbocycles. The molecule has 8 heteroatoms. The van der Waals surface area contributed by atoms with Gasteiger partial charge in [0.1, 0.15) is 4.90 Å². The van der Waals surface area contributed by atoms with E-state index in [0.29, 0.717) is 25.1 Å². The summed E-state index contributed by atoms with van der Waals surface area (Å²) in [6.07, 6.45) is 2.88. The Morgan fingerprint density at radius 1 is 1.65 bits per heavy atom. The minimum Gasteiger partial charge on any atom is -0.378 e. The molecule has 1 fully saturated rings. The summed E-state index contributed by atoms with van der Waals surface area (Å²) in [7, 11) is -1.77. The van der Waals surface area contributed by atoms with Crippen LogP contribution in [-0.4, -0.2) is 53.6 Å². The smallest absolute Gasteiger partial charge is 0.246 e. The van der Waals surface area contributed by atoms with Crippen molar-refractivity contribution in [1.82, 2.24) is 14.1 Å². The number of halogens is 1. The van der Waals surface area contributed by atoms with Crippen molar-refractivity contribution >= 4 is 26.0 Å². The van der Waals surface area contributed by atoms with Crippen LogP contribution in [-0.2, 0) is 21.8 Å². The zero-order chi connectivity index (χ0) is 12.5. The first-order chi connectivity index (χ1) is 8.05. The van der Waals surface area contributed by atoms with Gasteiger partial charge in [0.25, 0.3) is 0 Å². The number of nitrogens with zero attached hydrogens (tertiary/aromatic N) is 3. The second-order valence-electron chi connectivity index (χ2n) is 3.85. The highest BCUT2D eigenvalue weighted by molar-refractivity contribution is 9.09. The number of hydrogen-bond acceptors (Lipinski definition) is 4. The van der Waals surface area contributed by atoms with Crippen molar-refractivity contribution in [1.29, 1.82) is 0 Å². The lowest BCUT2D eigenvalue weighted by molar-refractivity contribution is 0.0413. The summed E-state index contributed by atoms with van der Waals surface area (Å²) in [5.41, 5.74) is 0. The van der Waals surface area contributed by atoms with Gasteiger partial charge in [-0.1, -0.05) is 15.9 Å². The Morgan fingerprint density at radius 2 is 2.41 bits per heavy atom. The van der Waals surface area contributed by atoms with Gasteiger partial charge in [-0.15, -0.1) is 0 Å². The number of morpholine rings is 1. The topological polar surface area (TPSA) is 64.4 Å². The zero-order valence-electron chi connectivity index (χ0n) is 9.41. The van der Waals surface area contributed by atoms with Crippen LogP contribution in [0.3, 0.4) is 0 Å². The van der Waals surface area contributed by atoms with Crippen LogP contribution < -0.4 is 0 Å². The number of rotatable bonds is 3. The average molecular weight is 324 g/mol. The lowest BCUT2D eigenvalue weighted by Crippen LogP contribution is -2.49. The Labute approximate surface area is 109 Å². The normalized spacial score (nSPS) is 22.8. The molecule has 0 amide bonds. The molecule has 1 aliphatic heterocycles. The van der Waals surface area contributed by atoms with Crippen LogP contribution in [0.1, 0.15) is 0 Å². The van der Waals surface area contributed by atoms with Crippen molar-refractivity contribution in [3.8, 4) is 0 Å². The van der Waals surface area contributed by atoms with E-state index in [1.54, 1.807) is 7.05 Å². The number of hydrogen-bond donors (Lipinski definition) is 0. The molecular weight excluding hydrogens is 310 g/mol. The molecule has 17 heavy (non-hydrogen) atoms. The number of sulfonamides is 1. The summed E-state index contributed by atoms with van der Waals surface area (Å²) >= 11 is 3.31. The fraction of sp³-hybridized carbons (Fsp3) is 0.667. The van der Waals surface area contributed by atoms with Crippen LogP contribution in [0.2, 0.25) is 0 Å². The first-order valence-corrected chi connectivity index (χ1v) is 7.76. The van der Waals surface area contributed by atoms with Crippen LogP contribution in [0.5, 0.6) is 0 Å². The van der Waals surface area contributed by atoms with Crippen LogP contribution in [0.25, 0.3) is 0 Å². The lowest BCUT2D eigenvalue weighted by Gasteiger charge is -2.33. The van der Waals surface area contributed by atoms with E-state index in [4.69, 9.17) is 4.74 Å². The predicted molar refractivity (Wildman–Crippen MR) is 65.5 cm³/mol. The SMILES string of the molecule is Cn1cc(S(=O)(=O)N2CCOCC2CBr)cn1. The fourth-order valence-electron chi connectivity index (χ4n) is 1.74. The van der Waals surface area contributed by atoms with Crippen molar-refractivity contribution in [3.63, 3.8) is 0 Å². The quantitative estimate of drug-likeness (QED) is 0.746. The number of aromatic nitrogens is 2. The van der Waals surface area contributed by atoms with Gasteiger partial charge in [-0.05, 0) is 0 Å². The Morgan fingerprint density at radius 3 is 3.00 bits per heavy atom. The van der Waals surface area contributed by atoms with E-state index >= 15 is 0 Å². The minimum absolute atomic E-state index is 0.158. The van der Waals surface area contributed by atoms with Crippen molar-refractivity contribution in [2.45, 2.75) is 10.9 Å². The average Bonchev–Trinajstić information content (AvgIpc) is 2.76. The Bertz CT molecular complexity index is 487. The molecule has 1 aromatic heterocycles. The zero-order valence-corrected chi connectivity index (χ0v) is 11.8.